The molecule has 6 nitrogen and oxygen atoms in total. The van der Waals surface area contributed by atoms with E-state index in [4.69, 9.17) is 0 Å². The van der Waals surface area contributed by atoms with E-state index in [1.54, 1.807) is 13.0 Å². The van der Waals surface area contributed by atoms with E-state index in [9.17, 15) is 18.8 Å². The Hall–Kier alpha value is -2.87. The highest BCUT2D eigenvalue weighted by atomic mass is 32.2. The minimum absolute atomic E-state index is 0.275. The second-order valence-electron chi connectivity index (χ2n) is 6.37. The summed E-state index contributed by atoms with van der Waals surface area (Å²) in [4.78, 5) is 39.7. The van der Waals surface area contributed by atoms with Crippen LogP contribution in [0.3, 0.4) is 0 Å². The normalized spacial score (nSPS) is 18.9. The standard InChI is InChI=1S/C20H20FN3O3S/c1-3-20(13-7-9-14(21)10-8-13)18(26)24(19(27)23-20)12-17(25)22-15-5-4-6-16(11-15)28-2/h4-11H,3,12H2,1-2H3,(H,22,25)(H,23,27)/t20-/m0/s1. The van der Waals surface area contributed by atoms with Gasteiger partial charge >= 0.3 is 6.03 Å². The van der Waals surface area contributed by atoms with E-state index in [2.05, 4.69) is 10.6 Å². The molecule has 146 valence electrons. The van der Waals surface area contributed by atoms with Gasteiger partial charge in [-0.1, -0.05) is 25.1 Å². The average Bonchev–Trinajstić information content (AvgIpc) is 2.93. The Morgan fingerprint density at radius 1 is 1.21 bits per heavy atom. The van der Waals surface area contributed by atoms with Gasteiger partial charge in [-0.25, -0.2) is 9.18 Å². The van der Waals surface area contributed by atoms with E-state index >= 15 is 0 Å². The fourth-order valence-electron chi connectivity index (χ4n) is 3.19. The molecule has 0 aromatic heterocycles. The van der Waals surface area contributed by atoms with Crippen molar-refractivity contribution in [3.8, 4) is 0 Å². The van der Waals surface area contributed by atoms with Crippen molar-refractivity contribution in [3.63, 3.8) is 0 Å². The molecule has 1 heterocycles. The van der Waals surface area contributed by atoms with Crippen LogP contribution in [0.1, 0.15) is 18.9 Å². The fraction of sp³-hybridized carbons (Fsp3) is 0.250. The number of halogens is 1. The Labute approximate surface area is 166 Å². The second-order valence-corrected chi connectivity index (χ2v) is 7.25. The Bertz CT molecular complexity index is 919. The molecule has 8 heteroatoms. The van der Waals surface area contributed by atoms with Crippen LogP contribution in [-0.4, -0.2) is 35.5 Å². The minimum atomic E-state index is -1.30. The molecular weight excluding hydrogens is 381 g/mol. The summed E-state index contributed by atoms with van der Waals surface area (Å²) in [5.74, 6) is -1.44. The quantitative estimate of drug-likeness (QED) is 0.575. The van der Waals surface area contributed by atoms with Gasteiger partial charge in [0.1, 0.15) is 17.9 Å². The Morgan fingerprint density at radius 2 is 1.93 bits per heavy atom. The predicted octanol–water partition coefficient (Wildman–Crippen LogP) is 3.34. The molecule has 1 aliphatic rings. The van der Waals surface area contributed by atoms with Gasteiger partial charge in [-0.2, -0.15) is 0 Å². The van der Waals surface area contributed by atoms with Crippen molar-refractivity contribution in [1.82, 2.24) is 10.2 Å². The van der Waals surface area contributed by atoms with E-state index in [1.165, 1.54) is 36.0 Å². The molecule has 1 atom stereocenters. The number of hydrogen-bond acceptors (Lipinski definition) is 4. The number of nitrogens with zero attached hydrogens (tertiary/aromatic N) is 1. The van der Waals surface area contributed by atoms with E-state index < -0.39 is 35.7 Å². The molecule has 0 aliphatic carbocycles. The highest BCUT2D eigenvalue weighted by molar-refractivity contribution is 7.98. The summed E-state index contributed by atoms with van der Waals surface area (Å²) in [7, 11) is 0. The Morgan fingerprint density at radius 3 is 2.57 bits per heavy atom. The van der Waals surface area contributed by atoms with Crippen molar-refractivity contribution >= 4 is 35.3 Å². The van der Waals surface area contributed by atoms with Crippen molar-refractivity contribution in [2.24, 2.45) is 0 Å². The van der Waals surface area contributed by atoms with E-state index in [0.717, 1.165) is 9.80 Å². The minimum Gasteiger partial charge on any atom is -0.324 e. The first-order chi connectivity index (χ1) is 13.4. The van der Waals surface area contributed by atoms with Crippen molar-refractivity contribution in [2.75, 3.05) is 18.1 Å². The molecule has 0 saturated carbocycles. The van der Waals surface area contributed by atoms with Gasteiger partial charge in [0.05, 0.1) is 0 Å². The molecule has 1 aliphatic heterocycles. The lowest BCUT2D eigenvalue weighted by molar-refractivity contribution is -0.134. The molecule has 0 bridgehead atoms. The number of thioether (sulfide) groups is 1. The zero-order valence-corrected chi connectivity index (χ0v) is 16.3. The molecule has 28 heavy (non-hydrogen) atoms. The molecule has 0 unspecified atom stereocenters. The number of rotatable bonds is 6. The number of nitrogens with one attached hydrogen (secondary N) is 2. The number of carbonyl (C=O) groups is 3. The maximum Gasteiger partial charge on any atom is 0.325 e. The molecule has 2 aromatic carbocycles. The van der Waals surface area contributed by atoms with Gasteiger partial charge in [-0.3, -0.25) is 14.5 Å². The Kier molecular flexibility index (Phi) is 5.69. The summed E-state index contributed by atoms with van der Waals surface area (Å²) in [6.07, 6.45) is 2.20. The number of anilines is 1. The molecule has 3 rings (SSSR count). The van der Waals surface area contributed by atoms with Crippen molar-refractivity contribution in [3.05, 3.63) is 59.9 Å². The molecule has 4 amide bonds. The largest absolute Gasteiger partial charge is 0.325 e. The molecule has 1 fully saturated rings. The van der Waals surface area contributed by atoms with Crippen LogP contribution in [0.25, 0.3) is 0 Å². The average molecular weight is 401 g/mol. The van der Waals surface area contributed by atoms with Crippen LogP contribution in [0.4, 0.5) is 14.9 Å². The third-order valence-electron chi connectivity index (χ3n) is 4.70. The number of benzene rings is 2. The highest BCUT2D eigenvalue weighted by Crippen LogP contribution is 2.32. The van der Waals surface area contributed by atoms with Gasteiger partial charge in [-0.15, -0.1) is 11.8 Å². The van der Waals surface area contributed by atoms with E-state index in [-0.39, 0.29) is 6.42 Å². The Balaban J connectivity index is 1.77. The van der Waals surface area contributed by atoms with Gasteiger partial charge < -0.3 is 10.6 Å². The first-order valence-electron chi connectivity index (χ1n) is 8.73. The van der Waals surface area contributed by atoms with Crippen molar-refractivity contribution in [2.45, 2.75) is 23.8 Å². The van der Waals surface area contributed by atoms with Gasteiger partial charge in [-0.05, 0) is 48.6 Å². The van der Waals surface area contributed by atoms with Crippen LogP contribution in [0, 0.1) is 5.82 Å². The van der Waals surface area contributed by atoms with Crippen LogP contribution in [0.15, 0.2) is 53.4 Å². The summed E-state index contributed by atoms with van der Waals surface area (Å²) in [6, 6.07) is 12.0. The number of amides is 4. The van der Waals surface area contributed by atoms with E-state index in [1.807, 2.05) is 24.5 Å². The number of carbonyl (C=O) groups excluding carboxylic acids is 3. The third kappa shape index (κ3) is 3.73. The van der Waals surface area contributed by atoms with Crippen molar-refractivity contribution in [1.29, 1.82) is 0 Å². The van der Waals surface area contributed by atoms with Crippen LogP contribution in [0.2, 0.25) is 0 Å². The van der Waals surface area contributed by atoms with Crippen LogP contribution in [-0.2, 0) is 15.1 Å². The van der Waals surface area contributed by atoms with Gasteiger partial charge in [0.15, 0.2) is 0 Å². The molecular formula is C20H20FN3O3S. The molecule has 2 aromatic rings. The maximum absolute atomic E-state index is 13.2. The molecule has 1 saturated heterocycles. The number of urea groups is 1. The second kappa shape index (κ2) is 8.02. The lowest BCUT2D eigenvalue weighted by Gasteiger charge is -2.25. The first kappa shape index (κ1) is 19.9. The van der Waals surface area contributed by atoms with Crippen LogP contribution >= 0.6 is 11.8 Å². The summed E-state index contributed by atoms with van der Waals surface area (Å²) in [5.41, 5.74) is -0.237. The number of imide groups is 1. The highest BCUT2D eigenvalue weighted by Gasteiger charge is 2.51. The van der Waals surface area contributed by atoms with Gasteiger partial charge in [0.2, 0.25) is 5.91 Å². The smallest absolute Gasteiger partial charge is 0.324 e. The summed E-state index contributed by atoms with van der Waals surface area (Å²) in [6.45, 7) is 1.34. The predicted molar refractivity (Wildman–Crippen MR) is 105 cm³/mol. The summed E-state index contributed by atoms with van der Waals surface area (Å²) in [5, 5.41) is 5.37. The third-order valence-corrected chi connectivity index (χ3v) is 5.42. The number of hydrogen-bond donors (Lipinski definition) is 2. The van der Waals surface area contributed by atoms with Gasteiger partial charge in [0.25, 0.3) is 5.91 Å². The SMILES string of the molecule is CC[C@@]1(c2ccc(F)cc2)NC(=O)N(CC(=O)Nc2cccc(SC)c2)C1=O. The maximum atomic E-state index is 13.2. The zero-order valence-electron chi connectivity index (χ0n) is 15.5. The topological polar surface area (TPSA) is 78.5 Å². The molecule has 0 radical (unpaired) electrons. The van der Waals surface area contributed by atoms with Gasteiger partial charge in [0, 0.05) is 10.6 Å². The molecule has 2 N–H and O–H groups in total. The zero-order chi connectivity index (χ0) is 20.3. The van der Waals surface area contributed by atoms with E-state index in [0.29, 0.717) is 11.3 Å². The van der Waals surface area contributed by atoms with Crippen molar-refractivity contribution < 1.29 is 18.8 Å². The summed E-state index contributed by atoms with van der Waals surface area (Å²) < 4.78 is 13.2. The fourth-order valence-corrected chi connectivity index (χ4v) is 3.65. The first-order valence-corrected chi connectivity index (χ1v) is 9.96. The lowest BCUT2D eigenvalue weighted by Crippen LogP contribution is -2.44. The van der Waals surface area contributed by atoms with Crippen LogP contribution < -0.4 is 10.6 Å². The van der Waals surface area contributed by atoms with Crippen LogP contribution in [0.5, 0.6) is 0 Å². The summed E-state index contributed by atoms with van der Waals surface area (Å²) >= 11 is 1.54. The molecule has 0 spiro atoms. The monoisotopic (exact) mass is 401 g/mol. The lowest BCUT2D eigenvalue weighted by atomic mass is 9.87.